The van der Waals surface area contributed by atoms with E-state index in [4.69, 9.17) is 0 Å². The van der Waals surface area contributed by atoms with Gasteiger partial charge in [0, 0.05) is 64.9 Å². The summed E-state index contributed by atoms with van der Waals surface area (Å²) in [6, 6.07) is 52.4. The predicted octanol–water partition coefficient (Wildman–Crippen LogP) is 11.3. The molecule has 6 nitrogen and oxygen atoms in total. The van der Waals surface area contributed by atoms with Crippen molar-refractivity contribution in [2.45, 2.75) is 0 Å². The number of carbonyl (C=O) groups excluding carboxylic acids is 2. The van der Waals surface area contributed by atoms with Crippen molar-refractivity contribution in [1.82, 2.24) is 14.5 Å². The van der Waals surface area contributed by atoms with Gasteiger partial charge in [0.15, 0.2) is 6.29 Å². The summed E-state index contributed by atoms with van der Waals surface area (Å²) in [7, 11) is 1.79. The second-order valence-electron chi connectivity index (χ2n) is 13.4. The minimum Gasteiger partial charge on any atom is -0.311 e. The number of para-hydroxylation sites is 2. The summed E-state index contributed by atoms with van der Waals surface area (Å²) in [4.78, 5) is 38.7. The summed E-state index contributed by atoms with van der Waals surface area (Å²) >= 11 is 0. The number of amides is 1. The van der Waals surface area contributed by atoms with Gasteiger partial charge in [-0.3, -0.25) is 19.6 Å². The molecule has 0 fully saturated rings. The van der Waals surface area contributed by atoms with Crippen LogP contribution in [0.25, 0.3) is 72.0 Å². The van der Waals surface area contributed by atoms with Crippen molar-refractivity contribution in [3.63, 3.8) is 0 Å². The maximum Gasteiger partial charge on any atom is 0.260 e. The van der Waals surface area contributed by atoms with Crippen LogP contribution in [0.1, 0.15) is 20.7 Å². The molecule has 0 atom stereocenters. The molecule has 0 N–H and O–H groups in total. The first-order chi connectivity index (χ1) is 27.1. The molecule has 262 valence electrons. The first-order valence-electron chi connectivity index (χ1n) is 18.1. The van der Waals surface area contributed by atoms with Crippen LogP contribution in [0.4, 0.5) is 5.69 Å². The maximum atomic E-state index is 15.4. The Hall–Kier alpha value is -7.44. The molecule has 6 heteroatoms. The molecule has 0 bridgehead atoms. The van der Waals surface area contributed by atoms with Crippen molar-refractivity contribution in [3.05, 3.63) is 194 Å². The molecule has 6 aromatic carbocycles. The lowest BCUT2D eigenvalue weighted by Gasteiger charge is -2.26. The molecule has 0 radical (unpaired) electrons. The molecule has 9 aromatic rings. The Kier molecular flexibility index (Phi) is 8.61. The summed E-state index contributed by atoms with van der Waals surface area (Å²) in [5, 5.41) is 2.04. The number of nitrogens with zero attached hydrogens (tertiary/aromatic N) is 4. The number of aldehydes is 1. The molecule has 1 amide bonds. The molecule has 9 rings (SSSR count). The maximum absolute atomic E-state index is 15.4. The number of aromatic nitrogens is 3. The molecule has 0 aliphatic rings. The SMILES string of the molecule is CN(C(=O)c1c(C=O)cccc1-n1c2c(-c3ccncc3)cccc2c2cccc(-c3ccncc3)c21)c1cccc(-c2ccccc2)c1-c1ccccc1. The molecule has 0 saturated carbocycles. The fraction of sp³-hybridized carbons (Fsp3) is 0.0204. The normalized spacial score (nSPS) is 11.1. The third-order valence-electron chi connectivity index (χ3n) is 10.3. The van der Waals surface area contributed by atoms with Gasteiger partial charge in [-0.05, 0) is 64.2 Å². The lowest BCUT2D eigenvalue weighted by atomic mass is 9.92. The first-order valence-corrected chi connectivity index (χ1v) is 18.1. The zero-order valence-corrected chi connectivity index (χ0v) is 30.0. The Morgan fingerprint density at radius 1 is 0.527 bits per heavy atom. The Morgan fingerprint density at radius 3 is 1.58 bits per heavy atom. The van der Waals surface area contributed by atoms with E-state index in [1.54, 1.807) is 42.8 Å². The Balaban J connectivity index is 1.34. The molecular weight excluding hydrogens is 677 g/mol. The van der Waals surface area contributed by atoms with Crippen LogP contribution in [-0.2, 0) is 0 Å². The average molecular weight is 711 g/mol. The minimum atomic E-state index is -0.308. The quantitative estimate of drug-likeness (QED) is 0.147. The van der Waals surface area contributed by atoms with Crippen LogP contribution in [0.5, 0.6) is 0 Å². The van der Waals surface area contributed by atoms with Crippen LogP contribution in [0.15, 0.2) is 183 Å². The van der Waals surface area contributed by atoms with Gasteiger partial charge in [-0.15, -0.1) is 0 Å². The highest BCUT2D eigenvalue weighted by Gasteiger charge is 2.28. The van der Waals surface area contributed by atoms with E-state index in [-0.39, 0.29) is 5.91 Å². The van der Waals surface area contributed by atoms with E-state index in [0.29, 0.717) is 16.8 Å². The van der Waals surface area contributed by atoms with Crippen molar-refractivity contribution < 1.29 is 9.59 Å². The molecule has 3 aromatic heterocycles. The van der Waals surface area contributed by atoms with E-state index in [1.807, 2.05) is 84.9 Å². The van der Waals surface area contributed by atoms with Gasteiger partial charge < -0.3 is 9.47 Å². The highest BCUT2D eigenvalue weighted by molar-refractivity contribution is 6.20. The summed E-state index contributed by atoms with van der Waals surface area (Å²) in [6.07, 6.45) is 7.93. The van der Waals surface area contributed by atoms with Crippen LogP contribution in [0.3, 0.4) is 0 Å². The second-order valence-corrected chi connectivity index (χ2v) is 13.4. The van der Waals surface area contributed by atoms with Crippen LogP contribution < -0.4 is 4.90 Å². The molecule has 3 heterocycles. The summed E-state index contributed by atoms with van der Waals surface area (Å²) in [6.45, 7) is 0. The number of anilines is 1. The van der Waals surface area contributed by atoms with Gasteiger partial charge in [-0.25, -0.2) is 0 Å². The van der Waals surface area contributed by atoms with Crippen molar-refractivity contribution in [2.24, 2.45) is 0 Å². The van der Waals surface area contributed by atoms with Crippen LogP contribution in [-0.4, -0.2) is 33.8 Å². The predicted molar refractivity (Wildman–Crippen MR) is 223 cm³/mol. The van der Waals surface area contributed by atoms with E-state index in [1.165, 1.54) is 0 Å². The molecule has 0 aliphatic heterocycles. The fourth-order valence-corrected chi connectivity index (χ4v) is 7.82. The smallest absolute Gasteiger partial charge is 0.260 e. The fourth-order valence-electron chi connectivity index (χ4n) is 7.82. The summed E-state index contributed by atoms with van der Waals surface area (Å²) in [5.74, 6) is -0.308. The van der Waals surface area contributed by atoms with Crippen LogP contribution in [0.2, 0.25) is 0 Å². The second kappa shape index (κ2) is 14.2. The number of pyridine rings is 2. The minimum absolute atomic E-state index is 0.299. The van der Waals surface area contributed by atoms with E-state index in [2.05, 4.69) is 81.3 Å². The molecule has 0 spiro atoms. The van der Waals surface area contributed by atoms with E-state index in [0.717, 1.165) is 78.3 Å². The standard InChI is InChI=1S/C49H34N4O2/c1-52(43-22-11-17-38(33-12-4-2-5-13-33)45(43)36-14-6-3-7-15-36)49(55)46-37(32-54)16-8-23-44(46)53-47-39(34-24-28-50-29-25-34)18-9-20-41(47)42-21-10-19-40(48(42)53)35-26-30-51-31-27-35/h2-32H,1H3. The molecule has 0 aliphatic carbocycles. The van der Waals surface area contributed by atoms with E-state index in [9.17, 15) is 4.79 Å². The average Bonchev–Trinajstić information content (AvgIpc) is 3.61. The number of fused-ring (bicyclic) bond motifs is 3. The van der Waals surface area contributed by atoms with Gasteiger partial charge in [-0.1, -0.05) is 121 Å². The molecule has 0 saturated heterocycles. The van der Waals surface area contributed by atoms with Gasteiger partial charge in [-0.2, -0.15) is 0 Å². The topological polar surface area (TPSA) is 68.1 Å². The van der Waals surface area contributed by atoms with E-state index >= 15 is 4.79 Å². The van der Waals surface area contributed by atoms with Gasteiger partial charge in [0.25, 0.3) is 5.91 Å². The lowest BCUT2D eigenvalue weighted by molar-refractivity contribution is 0.0986. The monoisotopic (exact) mass is 710 g/mol. The third-order valence-corrected chi connectivity index (χ3v) is 10.3. The largest absolute Gasteiger partial charge is 0.311 e. The Morgan fingerprint density at radius 2 is 1.02 bits per heavy atom. The number of benzene rings is 6. The van der Waals surface area contributed by atoms with Gasteiger partial charge >= 0.3 is 0 Å². The Labute approximate surface area is 318 Å². The third kappa shape index (κ3) is 5.77. The first kappa shape index (κ1) is 33.4. The number of hydrogen-bond donors (Lipinski definition) is 0. The Bertz CT molecular complexity index is 2760. The number of carbonyl (C=O) groups is 2. The highest BCUT2D eigenvalue weighted by Crippen LogP contribution is 2.44. The van der Waals surface area contributed by atoms with E-state index < -0.39 is 0 Å². The van der Waals surface area contributed by atoms with Crippen LogP contribution in [0, 0.1) is 0 Å². The molecule has 55 heavy (non-hydrogen) atoms. The van der Waals surface area contributed by atoms with Crippen molar-refractivity contribution in [3.8, 4) is 50.2 Å². The van der Waals surface area contributed by atoms with Crippen molar-refractivity contribution >= 4 is 39.7 Å². The van der Waals surface area contributed by atoms with Gasteiger partial charge in [0.1, 0.15) is 0 Å². The number of rotatable bonds is 8. The number of hydrogen-bond acceptors (Lipinski definition) is 4. The van der Waals surface area contributed by atoms with Crippen molar-refractivity contribution in [2.75, 3.05) is 11.9 Å². The van der Waals surface area contributed by atoms with Crippen molar-refractivity contribution in [1.29, 1.82) is 0 Å². The summed E-state index contributed by atoms with van der Waals surface area (Å²) in [5.41, 5.74) is 11.6. The zero-order valence-electron chi connectivity index (χ0n) is 30.0. The lowest BCUT2D eigenvalue weighted by Crippen LogP contribution is -2.29. The molecule has 0 unspecified atom stereocenters. The van der Waals surface area contributed by atoms with Gasteiger partial charge in [0.05, 0.1) is 28.0 Å². The zero-order chi connectivity index (χ0) is 37.3. The van der Waals surface area contributed by atoms with Gasteiger partial charge in [0.2, 0.25) is 0 Å². The highest BCUT2D eigenvalue weighted by atomic mass is 16.2. The molecular formula is C49H34N4O2. The summed E-state index contributed by atoms with van der Waals surface area (Å²) < 4.78 is 2.17. The van der Waals surface area contributed by atoms with Crippen LogP contribution >= 0.6 is 0 Å².